The second kappa shape index (κ2) is 4.17. The second-order valence-electron chi connectivity index (χ2n) is 3.68. The number of aromatic nitrogens is 3. The molecule has 0 unspecified atom stereocenters. The summed E-state index contributed by atoms with van der Waals surface area (Å²) in [6.07, 6.45) is 0. The molecule has 2 aromatic heterocycles. The third-order valence-corrected chi connectivity index (χ3v) is 3.31. The van der Waals surface area contributed by atoms with Gasteiger partial charge < -0.3 is 5.11 Å². The largest absolute Gasteiger partial charge is 0.494 e. The van der Waals surface area contributed by atoms with Gasteiger partial charge in [-0.15, -0.1) is 11.3 Å². The number of hydrogen-bond donors (Lipinski definition) is 2. The van der Waals surface area contributed by atoms with Gasteiger partial charge in [0.2, 0.25) is 5.88 Å². The van der Waals surface area contributed by atoms with Crippen LogP contribution in [0.3, 0.4) is 0 Å². The third-order valence-electron chi connectivity index (χ3n) is 2.36. The zero-order valence-electron chi connectivity index (χ0n) is 9.35. The van der Waals surface area contributed by atoms with Gasteiger partial charge in [-0.25, -0.2) is 9.78 Å². The molecule has 0 aliphatic carbocycles. The van der Waals surface area contributed by atoms with Gasteiger partial charge in [0.25, 0.3) is 5.56 Å². The molecule has 0 atom stereocenters. The van der Waals surface area contributed by atoms with E-state index in [4.69, 9.17) is 0 Å². The van der Waals surface area contributed by atoms with Crippen LogP contribution >= 0.6 is 11.3 Å². The van der Waals surface area contributed by atoms with E-state index in [9.17, 15) is 14.7 Å². The number of thiazole rings is 1. The maximum absolute atomic E-state index is 11.5. The van der Waals surface area contributed by atoms with Crippen LogP contribution in [0.5, 0.6) is 5.88 Å². The Morgan fingerprint density at radius 2 is 2.18 bits per heavy atom. The number of aryl methyl sites for hydroxylation is 1. The monoisotopic (exact) mass is 253 g/mol. The van der Waals surface area contributed by atoms with Gasteiger partial charge in [-0.2, -0.15) is 0 Å². The van der Waals surface area contributed by atoms with Crippen LogP contribution in [0.25, 0.3) is 0 Å². The van der Waals surface area contributed by atoms with Crippen LogP contribution in [-0.2, 0) is 6.54 Å². The molecule has 0 amide bonds. The number of rotatable bonds is 2. The van der Waals surface area contributed by atoms with Crippen molar-refractivity contribution >= 4 is 11.3 Å². The summed E-state index contributed by atoms with van der Waals surface area (Å²) < 4.78 is 1.09. The van der Waals surface area contributed by atoms with E-state index in [1.54, 1.807) is 0 Å². The molecule has 0 aliphatic rings. The summed E-state index contributed by atoms with van der Waals surface area (Å²) in [7, 11) is 0. The van der Waals surface area contributed by atoms with Gasteiger partial charge in [0.15, 0.2) is 0 Å². The molecule has 0 aliphatic heterocycles. The van der Waals surface area contributed by atoms with Crippen LogP contribution in [0.1, 0.15) is 16.3 Å². The van der Waals surface area contributed by atoms with Crippen molar-refractivity contribution in [1.29, 1.82) is 0 Å². The van der Waals surface area contributed by atoms with Gasteiger partial charge in [0, 0.05) is 11.1 Å². The van der Waals surface area contributed by atoms with E-state index >= 15 is 0 Å². The molecule has 0 saturated heterocycles. The normalized spacial score (nSPS) is 10.7. The topological polar surface area (TPSA) is 88.0 Å². The van der Waals surface area contributed by atoms with Crippen LogP contribution in [0, 0.1) is 13.8 Å². The summed E-state index contributed by atoms with van der Waals surface area (Å²) in [6, 6.07) is 0. The lowest BCUT2D eigenvalue weighted by Crippen LogP contribution is -2.31. The van der Waals surface area contributed by atoms with Crippen LogP contribution in [0.4, 0.5) is 0 Å². The van der Waals surface area contributed by atoms with E-state index < -0.39 is 11.2 Å². The minimum absolute atomic E-state index is 0.123. The van der Waals surface area contributed by atoms with Crippen molar-refractivity contribution in [2.45, 2.75) is 20.4 Å². The number of aromatic hydroxyl groups is 1. The Kier molecular flexibility index (Phi) is 2.84. The van der Waals surface area contributed by atoms with Crippen molar-refractivity contribution in [1.82, 2.24) is 14.5 Å². The molecule has 6 nitrogen and oxygen atoms in total. The number of aromatic amines is 1. The molecule has 2 rings (SSSR count). The molecule has 0 radical (unpaired) electrons. The first-order valence-corrected chi connectivity index (χ1v) is 5.80. The van der Waals surface area contributed by atoms with Crippen LogP contribution in [0.15, 0.2) is 15.0 Å². The minimum Gasteiger partial charge on any atom is -0.494 e. The van der Waals surface area contributed by atoms with E-state index in [1.807, 2.05) is 12.3 Å². The van der Waals surface area contributed by atoms with Crippen LogP contribution < -0.4 is 11.2 Å². The van der Waals surface area contributed by atoms with Gasteiger partial charge in [-0.05, 0) is 13.8 Å². The Hall–Kier alpha value is -1.89. The van der Waals surface area contributed by atoms with E-state index in [1.165, 1.54) is 18.3 Å². The van der Waals surface area contributed by atoms with Gasteiger partial charge in [0.1, 0.15) is 5.01 Å². The Bertz CT molecular complexity index is 668. The van der Waals surface area contributed by atoms with E-state index in [2.05, 4.69) is 9.97 Å². The molecule has 0 fully saturated rings. The highest BCUT2D eigenvalue weighted by Gasteiger charge is 2.11. The van der Waals surface area contributed by atoms with Crippen molar-refractivity contribution in [3.8, 4) is 5.88 Å². The molecule has 2 heterocycles. The second-order valence-corrected chi connectivity index (χ2v) is 4.62. The quantitative estimate of drug-likeness (QED) is 0.809. The molecule has 0 saturated carbocycles. The summed E-state index contributed by atoms with van der Waals surface area (Å²) in [5, 5.41) is 12.3. The number of H-pyrrole nitrogens is 1. The predicted molar refractivity (Wildman–Crippen MR) is 63.7 cm³/mol. The fourth-order valence-electron chi connectivity index (χ4n) is 1.42. The zero-order valence-corrected chi connectivity index (χ0v) is 10.2. The molecule has 90 valence electrons. The SMILES string of the molecule is Cc1csc(Cn2c(O)c(C)c(=O)[nH]c2=O)n1. The molecule has 0 bridgehead atoms. The lowest BCUT2D eigenvalue weighted by Gasteiger charge is -2.07. The number of nitrogens with one attached hydrogen (secondary N) is 1. The first-order valence-electron chi connectivity index (χ1n) is 4.92. The summed E-state index contributed by atoms with van der Waals surface area (Å²) in [5.74, 6) is -0.313. The minimum atomic E-state index is -0.633. The molecule has 2 aromatic rings. The average Bonchev–Trinajstić information content (AvgIpc) is 2.67. The average molecular weight is 253 g/mol. The molecule has 0 spiro atoms. The van der Waals surface area contributed by atoms with Gasteiger partial charge in [0.05, 0.1) is 12.1 Å². The standard InChI is InChI=1S/C10H11N3O3S/c1-5-4-17-7(11-5)3-13-9(15)6(2)8(14)12-10(13)16/h4,15H,3H2,1-2H3,(H,12,14,16). The summed E-state index contributed by atoms with van der Waals surface area (Å²) in [6.45, 7) is 3.46. The maximum atomic E-state index is 11.5. The van der Waals surface area contributed by atoms with Gasteiger partial charge in [-0.3, -0.25) is 14.3 Å². The van der Waals surface area contributed by atoms with Crippen molar-refractivity contribution < 1.29 is 5.11 Å². The highest BCUT2D eigenvalue weighted by Crippen LogP contribution is 2.14. The third kappa shape index (κ3) is 2.14. The summed E-state index contributed by atoms with van der Waals surface area (Å²) >= 11 is 1.40. The van der Waals surface area contributed by atoms with E-state index in [-0.39, 0.29) is 18.0 Å². The fraction of sp³-hybridized carbons (Fsp3) is 0.300. The van der Waals surface area contributed by atoms with E-state index in [0.29, 0.717) is 5.01 Å². The van der Waals surface area contributed by atoms with Crippen molar-refractivity contribution in [2.24, 2.45) is 0 Å². The van der Waals surface area contributed by atoms with E-state index in [0.717, 1.165) is 10.3 Å². The highest BCUT2D eigenvalue weighted by molar-refractivity contribution is 7.09. The maximum Gasteiger partial charge on any atom is 0.331 e. The molecular formula is C10H11N3O3S. The molecule has 7 heteroatoms. The molecular weight excluding hydrogens is 242 g/mol. The molecule has 17 heavy (non-hydrogen) atoms. The van der Waals surface area contributed by atoms with Crippen LogP contribution in [-0.4, -0.2) is 19.6 Å². The predicted octanol–water partition coefficient (Wildman–Crippen LogP) is 0.364. The Morgan fingerprint density at radius 3 is 2.76 bits per heavy atom. The zero-order chi connectivity index (χ0) is 12.6. The van der Waals surface area contributed by atoms with Gasteiger partial charge >= 0.3 is 5.69 Å². The van der Waals surface area contributed by atoms with Crippen LogP contribution in [0.2, 0.25) is 0 Å². The Morgan fingerprint density at radius 1 is 1.47 bits per heavy atom. The Labute approximate surface area is 100 Å². The number of nitrogens with zero attached hydrogens (tertiary/aromatic N) is 2. The molecule has 0 aromatic carbocycles. The van der Waals surface area contributed by atoms with Crippen molar-refractivity contribution in [3.63, 3.8) is 0 Å². The van der Waals surface area contributed by atoms with Crippen molar-refractivity contribution in [3.05, 3.63) is 42.5 Å². The smallest absolute Gasteiger partial charge is 0.331 e. The lowest BCUT2D eigenvalue weighted by atomic mass is 10.3. The fourth-order valence-corrected chi connectivity index (χ4v) is 2.18. The number of hydrogen-bond acceptors (Lipinski definition) is 5. The highest BCUT2D eigenvalue weighted by atomic mass is 32.1. The van der Waals surface area contributed by atoms with Crippen molar-refractivity contribution in [2.75, 3.05) is 0 Å². The first kappa shape index (κ1) is 11.6. The first-order chi connectivity index (χ1) is 7.99. The Balaban J connectivity index is 2.50. The lowest BCUT2D eigenvalue weighted by molar-refractivity contribution is 0.404. The summed E-state index contributed by atoms with van der Waals surface area (Å²) in [4.78, 5) is 29.1. The van der Waals surface area contributed by atoms with Gasteiger partial charge in [-0.1, -0.05) is 0 Å². The molecule has 2 N–H and O–H groups in total. The summed E-state index contributed by atoms with van der Waals surface area (Å²) in [5.41, 5.74) is -0.221.